The lowest BCUT2D eigenvalue weighted by atomic mass is 9.89. The summed E-state index contributed by atoms with van der Waals surface area (Å²) >= 11 is 0. The maximum atomic E-state index is 12.8. The van der Waals surface area contributed by atoms with Crippen molar-refractivity contribution in [1.82, 2.24) is 4.90 Å². The van der Waals surface area contributed by atoms with E-state index >= 15 is 0 Å². The predicted octanol–water partition coefficient (Wildman–Crippen LogP) is 1.32. The topological polar surface area (TPSA) is 63.7 Å². The number of ether oxygens (including phenoxy) is 1. The second kappa shape index (κ2) is 4.81. The molecule has 5 nitrogen and oxygen atoms in total. The first-order valence-electron chi connectivity index (χ1n) is 7.00. The summed E-state index contributed by atoms with van der Waals surface area (Å²) in [6.45, 7) is 4.85. The standard InChI is InChI=1S/C15H19NO4S/c1-9-4-13(21(3,18)19)6-14(10(9)2)15(17)16-11-5-12(16)8-20-7-11/h4,6,11-12H,5,7-8H2,1-3H3. The SMILES string of the molecule is Cc1cc(S(C)(=O)=O)cc(C(=O)N2C3COCC2C3)c1C. The molecule has 0 aliphatic carbocycles. The van der Waals surface area contributed by atoms with Gasteiger partial charge in [-0.05, 0) is 43.5 Å². The molecule has 0 spiro atoms. The third-order valence-electron chi connectivity index (χ3n) is 4.49. The van der Waals surface area contributed by atoms with Gasteiger partial charge in [-0.3, -0.25) is 4.79 Å². The van der Waals surface area contributed by atoms with Crippen molar-refractivity contribution in [2.24, 2.45) is 0 Å². The summed E-state index contributed by atoms with van der Waals surface area (Å²) in [5, 5.41) is 0. The number of rotatable bonds is 2. The van der Waals surface area contributed by atoms with Crippen molar-refractivity contribution < 1.29 is 17.9 Å². The number of benzene rings is 1. The molecule has 2 unspecified atom stereocenters. The lowest BCUT2D eigenvalue weighted by molar-refractivity contribution is -0.104. The Hall–Kier alpha value is -1.40. The molecular formula is C15H19NO4S. The van der Waals surface area contributed by atoms with Gasteiger partial charge in [0.15, 0.2) is 9.84 Å². The number of aryl methyl sites for hydroxylation is 1. The zero-order chi connectivity index (χ0) is 15.4. The number of fused-ring (bicyclic) bond motifs is 2. The largest absolute Gasteiger partial charge is 0.377 e. The average Bonchev–Trinajstić information content (AvgIpc) is 2.41. The molecule has 114 valence electrons. The predicted molar refractivity (Wildman–Crippen MR) is 78.2 cm³/mol. The smallest absolute Gasteiger partial charge is 0.254 e. The zero-order valence-electron chi connectivity index (χ0n) is 12.4. The zero-order valence-corrected chi connectivity index (χ0v) is 13.2. The minimum Gasteiger partial charge on any atom is -0.377 e. The van der Waals surface area contributed by atoms with E-state index < -0.39 is 9.84 Å². The summed E-state index contributed by atoms with van der Waals surface area (Å²) in [6.07, 6.45) is 2.15. The molecule has 3 rings (SSSR count). The summed E-state index contributed by atoms with van der Waals surface area (Å²) in [5.74, 6) is -0.0781. The lowest BCUT2D eigenvalue weighted by Gasteiger charge is -2.52. The van der Waals surface area contributed by atoms with Gasteiger partial charge in [0.05, 0.1) is 30.2 Å². The number of sulfone groups is 1. The van der Waals surface area contributed by atoms with Crippen LogP contribution >= 0.6 is 0 Å². The molecule has 0 aromatic heterocycles. The molecule has 2 aliphatic rings. The third-order valence-corrected chi connectivity index (χ3v) is 5.58. The van der Waals surface area contributed by atoms with Crippen LogP contribution in [0.15, 0.2) is 17.0 Å². The second-order valence-electron chi connectivity index (χ2n) is 5.98. The van der Waals surface area contributed by atoms with Crippen LogP contribution in [-0.2, 0) is 14.6 Å². The van der Waals surface area contributed by atoms with E-state index in [1.54, 1.807) is 6.07 Å². The van der Waals surface area contributed by atoms with Crippen molar-refractivity contribution in [3.8, 4) is 0 Å². The van der Waals surface area contributed by atoms with Crippen LogP contribution < -0.4 is 0 Å². The van der Waals surface area contributed by atoms with E-state index in [4.69, 9.17) is 4.74 Å². The first kappa shape index (κ1) is 14.5. The van der Waals surface area contributed by atoms with Crippen LogP contribution in [0.2, 0.25) is 0 Å². The molecule has 1 aromatic carbocycles. The summed E-state index contributed by atoms with van der Waals surface area (Å²) in [7, 11) is -3.33. The highest BCUT2D eigenvalue weighted by Crippen LogP contribution is 2.33. The Kier molecular flexibility index (Phi) is 3.33. The second-order valence-corrected chi connectivity index (χ2v) is 7.99. The van der Waals surface area contributed by atoms with E-state index in [0.717, 1.165) is 23.8 Å². The van der Waals surface area contributed by atoms with Crippen LogP contribution in [0.5, 0.6) is 0 Å². The molecule has 0 N–H and O–H groups in total. The van der Waals surface area contributed by atoms with Crippen LogP contribution in [0.4, 0.5) is 0 Å². The highest BCUT2D eigenvalue weighted by Gasteiger charge is 2.45. The Morgan fingerprint density at radius 3 is 2.38 bits per heavy atom. The molecular weight excluding hydrogens is 290 g/mol. The van der Waals surface area contributed by atoms with Gasteiger partial charge >= 0.3 is 0 Å². The number of hydrogen-bond donors (Lipinski definition) is 0. The minimum atomic E-state index is -3.33. The number of carbonyl (C=O) groups is 1. The molecule has 6 heteroatoms. The Morgan fingerprint density at radius 1 is 1.24 bits per heavy atom. The van der Waals surface area contributed by atoms with Gasteiger partial charge in [-0.25, -0.2) is 8.42 Å². The van der Waals surface area contributed by atoms with E-state index in [9.17, 15) is 13.2 Å². The quantitative estimate of drug-likeness (QED) is 0.826. The normalized spacial score (nSPS) is 24.6. The molecule has 2 atom stereocenters. The molecule has 21 heavy (non-hydrogen) atoms. The molecule has 1 amide bonds. The molecule has 0 saturated carbocycles. The maximum Gasteiger partial charge on any atom is 0.254 e. The number of hydrogen-bond acceptors (Lipinski definition) is 4. The summed E-state index contributed by atoms with van der Waals surface area (Å²) in [5.41, 5.74) is 2.16. The fourth-order valence-electron chi connectivity index (χ4n) is 3.07. The van der Waals surface area contributed by atoms with E-state index in [2.05, 4.69) is 0 Å². The molecule has 2 fully saturated rings. The number of morpholine rings is 1. The van der Waals surface area contributed by atoms with Gasteiger partial charge in [-0.2, -0.15) is 0 Å². The van der Waals surface area contributed by atoms with Crippen molar-refractivity contribution in [3.05, 3.63) is 28.8 Å². The van der Waals surface area contributed by atoms with Gasteiger partial charge in [-0.15, -0.1) is 0 Å². The van der Waals surface area contributed by atoms with Gasteiger partial charge < -0.3 is 9.64 Å². The summed E-state index contributed by atoms with van der Waals surface area (Å²) < 4.78 is 28.9. The average molecular weight is 309 g/mol. The minimum absolute atomic E-state index is 0.0781. The highest BCUT2D eigenvalue weighted by atomic mass is 32.2. The van der Waals surface area contributed by atoms with Crippen LogP contribution in [0, 0.1) is 13.8 Å². The van der Waals surface area contributed by atoms with Gasteiger partial charge in [-0.1, -0.05) is 0 Å². The van der Waals surface area contributed by atoms with Crippen molar-refractivity contribution in [2.45, 2.75) is 37.2 Å². The van der Waals surface area contributed by atoms with E-state index in [1.165, 1.54) is 6.07 Å². The third kappa shape index (κ3) is 2.36. The molecule has 0 radical (unpaired) electrons. The Labute approximate surface area is 124 Å². The van der Waals surface area contributed by atoms with E-state index in [1.807, 2.05) is 18.7 Å². The fourth-order valence-corrected chi connectivity index (χ4v) is 3.79. The summed E-state index contributed by atoms with van der Waals surface area (Å²) in [4.78, 5) is 14.8. The van der Waals surface area contributed by atoms with Gasteiger partial charge in [0, 0.05) is 11.8 Å². The van der Waals surface area contributed by atoms with Gasteiger partial charge in [0.25, 0.3) is 5.91 Å². The van der Waals surface area contributed by atoms with Crippen molar-refractivity contribution in [2.75, 3.05) is 19.5 Å². The summed E-state index contributed by atoms with van der Waals surface area (Å²) in [6, 6.07) is 3.41. The monoisotopic (exact) mass is 309 g/mol. The first-order valence-corrected chi connectivity index (χ1v) is 8.90. The first-order chi connectivity index (χ1) is 9.79. The number of nitrogens with zero attached hydrogens (tertiary/aromatic N) is 1. The molecule has 2 bridgehead atoms. The molecule has 2 saturated heterocycles. The fraction of sp³-hybridized carbons (Fsp3) is 0.533. The van der Waals surface area contributed by atoms with Gasteiger partial charge in [0.2, 0.25) is 0 Å². The Balaban J connectivity index is 2.02. The van der Waals surface area contributed by atoms with Gasteiger partial charge in [0.1, 0.15) is 0 Å². The van der Waals surface area contributed by atoms with E-state index in [0.29, 0.717) is 18.8 Å². The van der Waals surface area contributed by atoms with Crippen molar-refractivity contribution >= 4 is 15.7 Å². The Morgan fingerprint density at radius 2 is 1.86 bits per heavy atom. The van der Waals surface area contributed by atoms with Crippen molar-refractivity contribution in [1.29, 1.82) is 0 Å². The maximum absolute atomic E-state index is 12.8. The molecule has 2 heterocycles. The molecule has 2 aliphatic heterocycles. The van der Waals surface area contributed by atoms with Crippen LogP contribution in [0.3, 0.4) is 0 Å². The Bertz CT molecular complexity index is 697. The number of amides is 1. The van der Waals surface area contributed by atoms with Crippen molar-refractivity contribution in [3.63, 3.8) is 0 Å². The highest BCUT2D eigenvalue weighted by molar-refractivity contribution is 7.90. The number of carbonyl (C=O) groups excluding carboxylic acids is 1. The van der Waals surface area contributed by atoms with Crippen LogP contribution in [-0.4, -0.2) is 50.8 Å². The van der Waals surface area contributed by atoms with Crippen LogP contribution in [0.1, 0.15) is 27.9 Å². The van der Waals surface area contributed by atoms with E-state index in [-0.39, 0.29) is 22.9 Å². The lowest BCUT2D eigenvalue weighted by Crippen LogP contribution is -2.65. The van der Waals surface area contributed by atoms with Crippen LogP contribution in [0.25, 0.3) is 0 Å². The molecule has 1 aromatic rings.